The maximum Gasteiger partial charge on any atom is 0.320 e. The first-order valence-corrected chi connectivity index (χ1v) is 3.80. The lowest BCUT2D eigenvalue weighted by Gasteiger charge is -2.19. The van der Waals surface area contributed by atoms with Crippen LogP contribution in [0.3, 0.4) is 0 Å². The van der Waals surface area contributed by atoms with E-state index in [-0.39, 0.29) is 0 Å². The summed E-state index contributed by atoms with van der Waals surface area (Å²) in [7, 11) is 0. The molecule has 3 unspecified atom stereocenters. The molecule has 2 aliphatic rings. The van der Waals surface area contributed by atoms with E-state index in [0.29, 0.717) is 6.42 Å². The Morgan fingerprint density at radius 2 is 2.17 bits per heavy atom. The van der Waals surface area contributed by atoms with E-state index in [1.165, 1.54) is 6.08 Å². The van der Waals surface area contributed by atoms with Gasteiger partial charge in [-0.3, -0.25) is 9.59 Å². The number of fused-ring (bicyclic) bond motifs is 1. The number of carbonyl (C=O) groups excluding carboxylic acids is 2. The highest BCUT2D eigenvalue weighted by Gasteiger charge is 2.48. The van der Waals surface area contributed by atoms with E-state index in [1.807, 2.05) is 0 Å². The molecule has 0 aromatic rings. The van der Waals surface area contributed by atoms with Crippen molar-refractivity contribution in [2.24, 2.45) is 11.8 Å². The summed E-state index contributed by atoms with van der Waals surface area (Å²) in [5, 5.41) is 9.33. The van der Waals surface area contributed by atoms with Crippen molar-refractivity contribution in [1.29, 1.82) is 0 Å². The Morgan fingerprint density at radius 3 is 2.83 bits per heavy atom. The van der Waals surface area contributed by atoms with Crippen LogP contribution in [0.25, 0.3) is 0 Å². The van der Waals surface area contributed by atoms with Gasteiger partial charge in [-0.05, 0) is 6.42 Å². The van der Waals surface area contributed by atoms with E-state index in [1.54, 1.807) is 6.08 Å². The molecule has 0 saturated carbocycles. The zero-order valence-corrected chi connectivity index (χ0v) is 6.27. The van der Waals surface area contributed by atoms with Crippen molar-refractivity contribution in [3.63, 3.8) is 0 Å². The zero-order chi connectivity index (χ0) is 8.72. The van der Waals surface area contributed by atoms with Crippen LogP contribution in [0.5, 0.6) is 0 Å². The molecule has 0 aromatic heterocycles. The van der Waals surface area contributed by atoms with Gasteiger partial charge in [-0.1, -0.05) is 12.2 Å². The molecule has 0 spiro atoms. The molecule has 0 bridgehead atoms. The lowest BCUT2D eigenvalue weighted by atomic mass is 9.83. The molecule has 3 atom stereocenters. The van der Waals surface area contributed by atoms with Crippen LogP contribution in [0.4, 0.5) is 0 Å². The maximum atomic E-state index is 11.0. The van der Waals surface area contributed by atoms with Crippen molar-refractivity contribution in [2.75, 3.05) is 0 Å². The van der Waals surface area contributed by atoms with Crippen LogP contribution < -0.4 is 0 Å². The number of aliphatic hydroxyl groups is 1. The Labute approximate surface area is 68.8 Å². The molecule has 1 heterocycles. The van der Waals surface area contributed by atoms with Crippen LogP contribution in [0, 0.1) is 11.8 Å². The number of carbonyl (C=O) groups is 2. The Morgan fingerprint density at radius 1 is 1.42 bits per heavy atom. The Balaban J connectivity index is 2.32. The molecular formula is C8H8O4. The van der Waals surface area contributed by atoms with Gasteiger partial charge in [0.15, 0.2) is 0 Å². The van der Waals surface area contributed by atoms with Gasteiger partial charge >= 0.3 is 11.9 Å². The van der Waals surface area contributed by atoms with Crippen LogP contribution in [-0.2, 0) is 14.3 Å². The number of hydrogen-bond donors (Lipinski definition) is 1. The van der Waals surface area contributed by atoms with Crippen molar-refractivity contribution in [1.82, 2.24) is 0 Å². The molecule has 4 nitrogen and oxygen atoms in total. The molecule has 0 radical (unpaired) electrons. The number of esters is 2. The number of allylic oxidation sites excluding steroid dienone is 1. The minimum Gasteiger partial charge on any atom is -0.393 e. The summed E-state index contributed by atoms with van der Waals surface area (Å²) in [6.07, 6.45) is 2.86. The third-order valence-electron chi connectivity index (χ3n) is 2.30. The van der Waals surface area contributed by atoms with Gasteiger partial charge in [0.1, 0.15) is 5.92 Å². The van der Waals surface area contributed by atoms with E-state index in [9.17, 15) is 14.7 Å². The van der Waals surface area contributed by atoms with E-state index in [2.05, 4.69) is 4.74 Å². The second-order valence-corrected chi connectivity index (χ2v) is 3.03. The van der Waals surface area contributed by atoms with Gasteiger partial charge in [-0.25, -0.2) is 0 Å². The third-order valence-corrected chi connectivity index (χ3v) is 2.30. The fraction of sp³-hybridized carbons (Fsp3) is 0.500. The second kappa shape index (κ2) is 2.42. The summed E-state index contributed by atoms with van der Waals surface area (Å²) in [6.45, 7) is 0. The smallest absolute Gasteiger partial charge is 0.320 e. The number of aliphatic hydroxyl groups excluding tert-OH is 1. The third kappa shape index (κ3) is 0.881. The van der Waals surface area contributed by atoms with Gasteiger partial charge in [-0.15, -0.1) is 0 Å². The molecule has 0 aromatic carbocycles. The molecule has 0 amide bonds. The number of cyclic esters (lactones) is 2. The van der Waals surface area contributed by atoms with Crippen molar-refractivity contribution < 1.29 is 19.4 Å². The summed E-state index contributed by atoms with van der Waals surface area (Å²) < 4.78 is 4.40. The summed E-state index contributed by atoms with van der Waals surface area (Å²) in [5.74, 6) is -2.23. The minimum atomic E-state index is -0.859. The monoisotopic (exact) mass is 168 g/mol. The Kier molecular flexibility index (Phi) is 1.51. The Bertz CT molecular complexity index is 268. The molecular weight excluding hydrogens is 160 g/mol. The van der Waals surface area contributed by atoms with E-state index in [4.69, 9.17) is 0 Å². The summed E-state index contributed by atoms with van der Waals surface area (Å²) in [4.78, 5) is 22.0. The maximum absolute atomic E-state index is 11.0. The summed E-state index contributed by atoms with van der Waals surface area (Å²) in [6, 6.07) is 0. The first-order chi connectivity index (χ1) is 5.70. The SMILES string of the molecule is O=C1OC(=O)C2C(O)C=CCC12. The van der Waals surface area contributed by atoms with E-state index in [0.717, 1.165) is 0 Å². The normalized spacial score (nSPS) is 39.6. The van der Waals surface area contributed by atoms with Crippen molar-refractivity contribution >= 4 is 11.9 Å². The standard InChI is InChI=1S/C8H8O4/c9-5-3-1-2-4-6(5)8(11)12-7(4)10/h1,3-6,9H,2H2. The molecule has 1 saturated heterocycles. The minimum absolute atomic E-state index is 0.461. The number of rotatable bonds is 0. The molecule has 1 fully saturated rings. The molecule has 12 heavy (non-hydrogen) atoms. The predicted octanol–water partition coefficient (Wildman–Crippen LogP) is -0.377. The van der Waals surface area contributed by atoms with Gasteiger partial charge in [0.25, 0.3) is 0 Å². The average molecular weight is 168 g/mol. The highest BCUT2D eigenvalue weighted by molar-refractivity contribution is 5.97. The number of hydrogen-bond acceptors (Lipinski definition) is 4. The first-order valence-electron chi connectivity index (χ1n) is 3.80. The Hall–Kier alpha value is -1.16. The fourth-order valence-electron chi connectivity index (χ4n) is 1.66. The molecule has 1 aliphatic heterocycles. The predicted molar refractivity (Wildman–Crippen MR) is 37.8 cm³/mol. The van der Waals surface area contributed by atoms with Crippen molar-refractivity contribution in [2.45, 2.75) is 12.5 Å². The lowest BCUT2D eigenvalue weighted by molar-refractivity contribution is -0.154. The molecule has 64 valence electrons. The van der Waals surface area contributed by atoms with Crippen LogP contribution in [-0.4, -0.2) is 23.1 Å². The van der Waals surface area contributed by atoms with Gasteiger partial charge in [0, 0.05) is 0 Å². The van der Waals surface area contributed by atoms with Crippen LogP contribution in [0.1, 0.15) is 6.42 Å². The topological polar surface area (TPSA) is 63.6 Å². The largest absolute Gasteiger partial charge is 0.393 e. The molecule has 1 N–H and O–H groups in total. The second-order valence-electron chi connectivity index (χ2n) is 3.03. The lowest BCUT2D eigenvalue weighted by Crippen LogP contribution is -2.31. The van der Waals surface area contributed by atoms with E-state index >= 15 is 0 Å². The van der Waals surface area contributed by atoms with Crippen molar-refractivity contribution in [3.8, 4) is 0 Å². The highest BCUT2D eigenvalue weighted by Crippen LogP contribution is 2.33. The number of ether oxygens (including phenoxy) is 1. The quantitative estimate of drug-likeness (QED) is 0.304. The van der Waals surface area contributed by atoms with Crippen LogP contribution >= 0.6 is 0 Å². The molecule has 4 heteroatoms. The van der Waals surface area contributed by atoms with E-state index < -0.39 is 29.9 Å². The van der Waals surface area contributed by atoms with Gasteiger partial charge in [-0.2, -0.15) is 0 Å². The van der Waals surface area contributed by atoms with Crippen LogP contribution in [0.2, 0.25) is 0 Å². The van der Waals surface area contributed by atoms with Gasteiger partial charge < -0.3 is 9.84 Å². The van der Waals surface area contributed by atoms with Gasteiger partial charge in [0.2, 0.25) is 0 Å². The summed E-state index contributed by atoms with van der Waals surface area (Å²) >= 11 is 0. The van der Waals surface area contributed by atoms with Crippen molar-refractivity contribution in [3.05, 3.63) is 12.2 Å². The molecule has 2 rings (SSSR count). The summed E-state index contributed by atoms with van der Waals surface area (Å²) in [5.41, 5.74) is 0. The fourth-order valence-corrected chi connectivity index (χ4v) is 1.66. The van der Waals surface area contributed by atoms with Gasteiger partial charge in [0.05, 0.1) is 12.0 Å². The average Bonchev–Trinajstić information content (AvgIpc) is 2.29. The van der Waals surface area contributed by atoms with Crippen LogP contribution in [0.15, 0.2) is 12.2 Å². The zero-order valence-electron chi connectivity index (χ0n) is 6.27. The highest BCUT2D eigenvalue weighted by atomic mass is 16.6. The molecule has 1 aliphatic carbocycles. The first kappa shape index (κ1) is 7.49.